The van der Waals surface area contributed by atoms with Crippen LogP contribution in [0.3, 0.4) is 0 Å². The molecule has 0 aliphatic heterocycles. The average molecular weight is 466 g/mol. The van der Waals surface area contributed by atoms with Crippen LogP contribution in [-0.4, -0.2) is 16.5 Å². The maximum absolute atomic E-state index is 12.4. The molecule has 0 radical (unpaired) electrons. The molecule has 142 valence electrons. The molecule has 0 unspecified atom stereocenters. The van der Waals surface area contributed by atoms with Crippen molar-refractivity contribution in [2.75, 3.05) is 5.43 Å². The summed E-state index contributed by atoms with van der Waals surface area (Å²) in [6.45, 7) is 0. The second kappa shape index (κ2) is 7.06. The van der Waals surface area contributed by atoms with Crippen LogP contribution in [0.15, 0.2) is 72.7 Å². The third-order valence-corrected chi connectivity index (χ3v) is 5.87. The average Bonchev–Trinajstić information content (AvgIpc) is 3.31. The van der Waals surface area contributed by atoms with E-state index in [4.69, 9.17) is 4.42 Å². The summed E-state index contributed by atoms with van der Waals surface area (Å²) in [4.78, 5) is 28.9. The molecule has 5 rings (SSSR count). The molecule has 1 aliphatic rings. The fourth-order valence-electron chi connectivity index (χ4n) is 3.26. The molecule has 0 bridgehead atoms. The minimum Gasteiger partial charge on any atom is -0.422 e. The molecule has 0 amide bonds. The van der Waals surface area contributed by atoms with E-state index in [-0.39, 0.29) is 12.2 Å². The number of Topliss-reactive ketones (excluding diaryl/α,β-unsaturated/α-hetero) is 1. The van der Waals surface area contributed by atoms with E-state index in [2.05, 4.69) is 31.4 Å². The second-order valence-corrected chi connectivity index (χ2v) is 8.26. The molecule has 0 spiro atoms. The number of hydrazone groups is 1. The highest BCUT2D eigenvalue weighted by Gasteiger charge is 2.25. The van der Waals surface area contributed by atoms with Crippen molar-refractivity contribution in [3.8, 4) is 11.3 Å². The fourth-order valence-corrected chi connectivity index (χ4v) is 4.29. The minimum atomic E-state index is -0.446. The first-order chi connectivity index (χ1) is 14.1. The van der Waals surface area contributed by atoms with Crippen molar-refractivity contribution in [3.05, 3.63) is 79.9 Å². The molecule has 0 saturated heterocycles. The first-order valence-electron chi connectivity index (χ1n) is 8.73. The van der Waals surface area contributed by atoms with Crippen molar-refractivity contribution in [2.45, 2.75) is 6.42 Å². The first-order valence-corrected chi connectivity index (χ1v) is 10.4. The lowest BCUT2D eigenvalue weighted by molar-refractivity contribution is 0.101. The highest BCUT2D eigenvalue weighted by atomic mass is 79.9. The number of hydrogen-bond donors (Lipinski definition) is 1. The molecule has 2 heterocycles. The van der Waals surface area contributed by atoms with Crippen molar-refractivity contribution in [2.24, 2.45) is 5.10 Å². The van der Waals surface area contributed by atoms with Crippen LogP contribution in [0.2, 0.25) is 0 Å². The van der Waals surface area contributed by atoms with Gasteiger partial charge in [-0.3, -0.25) is 10.2 Å². The molecule has 0 saturated carbocycles. The number of carbonyl (C=O) groups excluding carboxylic acids is 1. The first kappa shape index (κ1) is 18.0. The highest BCUT2D eigenvalue weighted by molar-refractivity contribution is 9.10. The molecule has 1 aliphatic carbocycles. The Kier molecular flexibility index (Phi) is 4.37. The van der Waals surface area contributed by atoms with Gasteiger partial charge in [-0.2, -0.15) is 5.10 Å². The third kappa shape index (κ3) is 3.30. The lowest BCUT2D eigenvalue weighted by atomic mass is 10.1. The number of benzene rings is 2. The lowest BCUT2D eigenvalue weighted by Gasteiger charge is -2.01. The Hall–Kier alpha value is -3.10. The van der Waals surface area contributed by atoms with Crippen LogP contribution in [0.25, 0.3) is 22.2 Å². The molecule has 6 nitrogen and oxygen atoms in total. The topological polar surface area (TPSA) is 84.6 Å². The summed E-state index contributed by atoms with van der Waals surface area (Å²) in [5.41, 5.74) is 6.08. The number of anilines is 1. The molecule has 2 aromatic carbocycles. The molecule has 0 atom stereocenters. The second-order valence-electron chi connectivity index (χ2n) is 6.48. The third-order valence-electron chi connectivity index (χ3n) is 4.63. The molecule has 1 N–H and O–H groups in total. The van der Waals surface area contributed by atoms with Gasteiger partial charge in [-0.1, -0.05) is 40.2 Å². The Labute approximate surface area is 177 Å². The quantitative estimate of drug-likeness (QED) is 0.336. The summed E-state index contributed by atoms with van der Waals surface area (Å²) in [5, 5.41) is 7.46. The number of aromatic nitrogens is 1. The van der Waals surface area contributed by atoms with Crippen molar-refractivity contribution in [1.29, 1.82) is 0 Å². The van der Waals surface area contributed by atoms with Gasteiger partial charge in [-0.25, -0.2) is 9.78 Å². The Morgan fingerprint density at radius 3 is 2.76 bits per heavy atom. The Morgan fingerprint density at radius 2 is 1.90 bits per heavy atom. The number of fused-ring (bicyclic) bond motifs is 2. The molecule has 8 heteroatoms. The van der Waals surface area contributed by atoms with E-state index >= 15 is 0 Å². The summed E-state index contributed by atoms with van der Waals surface area (Å²) in [6.07, 6.45) is 0.258. The molecule has 29 heavy (non-hydrogen) atoms. The number of nitrogens with one attached hydrogen (secondary N) is 1. The molecule has 4 aromatic rings. The van der Waals surface area contributed by atoms with Crippen LogP contribution in [-0.2, 0) is 0 Å². The number of thiazole rings is 1. The van der Waals surface area contributed by atoms with Crippen LogP contribution in [0, 0.1) is 0 Å². The monoisotopic (exact) mass is 465 g/mol. The van der Waals surface area contributed by atoms with Gasteiger partial charge in [-0.15, -0.1) is 11.3 Å². The fraction of sp³-hybridized carbons (Fsp3) is 0.0476. The molecule has 2 aromatic heterocycles. The number of ketones is 1. The van der Waals surface area contributed by atoms with Crippen molar-refractivity contribution < 1.29 is 9.21 Å². The van der Waals surface area contributed by atoms with E-state index in [0.29, 0.717) is 33.2 Å². The largest absolute Gasteiger partial charge is 0.422 e. The number of halogens is 1. The van der Waals surface area contributed by atoms with Gasteiger partial charge in [0, 0.05) is 26.4 Å². The molecular formula is C21H12BrN3O3S. The van der Waals surface area contributed by atoms with Gasteiger partial charge in [0.25, 0.3) is 0 Å². The maximum atomic E-state index is 12.4. The van der Waals surface area contributed by atoms with Gasteiger partial charge in [-0.05, 0) is 24.3 Å². The van der Waals surface area contributed by atoms with E-state index in [9.17, 15) is 9.59 Å². The number of carbonyl (C=O) groups is 1. The van der Waals surface area contributed by atoms with Gasteiger partial charge in [0.05, 0.1) is 23.4 Å². The van der Waals surface area contributed by atoms with Crippen LogP contribution < -0.4 is 11.1 Å². The van der Waals surface area contributed by atoms with Crippen molar-refractivity contribution in [3.63, 3.8) is 0 Å². The van der Waals surface area contributed by atoms with E-state index in [0.717, 1.165) is 15.4 Å². The zero-order valence-corrected chi connectivity index (χ0v) is 17.2. The maximum Gasteiger partial charge on any atom is 0.345 e. The highest BCUT2D eigenvalue weighted by Crippen LogP contribution is 2.27. The van der Waals surface area contributed by atoms with Gasteiger partial charge in [0.15, 0.2) is 5.78 Å². The summed E-state index contributed by atoms with van der Waals surface area (Å²) in [6, 6.07) is 14.6. The normalized spacial score (nSPS) is 14.5. The van der Waals surface area contributed by atoms with Gasteiger partial charge in [0.1, 0.15) is 5.58 Å². The van der Waals surface area contributed by atoms with Crippen LogP contribution >= 0.6 is 27.3 Å². The number of hydrogen-bond acceptors (Lipinski definition) is 7. The number of rotatable bonds is 3. The van der Waals surface area contributed by atoms with Crippen LogP contribution in [0.4, 0.5) is 5.13 Å². The SMILES string of the molecule is O=C1CC(=NNc2nc(-c3cc4cc(Br)ccc4oc3=O)cs2)c2ccccc21. The molecule has 0 fully saturated rings. The van der Waals surface area contributed by atoms with E-state index in [1.807, 2.05) is 30.3 Å². The van der Waals surface area contributed by atoms with E-state index in [1.54, 1.807) is 23.6 Å². The van der Waals surface area contributed by atoms with E-state index < -0.39 is 5.63 Å². The van der Waals surface area contributed by atoms with Crippen LogP contribution in [0.5, 0.6) is 0 Å². The Morgan fingerprint density at radius 1 is 1.07 bits per heavy atom. The van der Waals surface area contributed by atoms with Crippen LogP contribution in [0.1, 0.15) is 22.3 Å². The van der Waals surface area contributed by atoms with Gasteiger partial charge in [0.2, 0.25) is 5.13 Å². The van der Waals surface area contributed by atoms with Gasteiger partial charge < -0.3 is 4.42 Å². The smallest absolute Gasteiger partial charge is 0.345 e. The Balaban J connectivity index is 1.45. The summed E-state index contributed by atoms with van der Waals surface area (Å²) >= 11 is 4.75. The molecular weight excluding hydrogens is 454 g/mol. The zero-order valence-electron chi connectivity index (χ0n) is 14.8. The predicted molar refractivity (Wildman–Crippen MR) is 117 cm³/mol. The zero-order chi connectivity index (χ0) is 20.0. The van der Waals surface area contributed by atoms with Gasteiger partial charge >= 0.3 is 5.63 Å². The lowest BCUT2D eigenvalue weighted by Crippen LogP contribution is -2.03. The minimum absolute atomic E-state index is 0.0564. The summed E-state index contributed by atoms with van der Waals surface area (Å²) in [7, 11) is 0. The summed E-state index contributed by atoms with van der Waals surface area (Å²) in [5.74, 6) is 0.0564. The number of nitrogens with zero attached hydrogens (tertiary/aromatic N) is 2. The van der Waals surface area contributed by atoms with E-state index in [1.165, 1.54) is 11.3 Å². The predicted octanol–water partition coefficient (Wildman–Crippen LogP) is 5.08. The summed E-state index contributed by atoms with van der Waals surface area (Å²) < 4.78 is 6.30. The van der Waals surface area contributed by atoms with Crippen molar-refractivity contribution in [1.82, 2.24) is 4.98 Å². The van der Waals surface area contributed by atoms with Crippen molar-refractivity contribution >= 4 is 54.9 Å². The standard InChI is InChI=1S/C21H12BrN3O3S/c22-12-5-6-19-11(7-12)8-15(20(27)28-19)17-10-29-21(23-17)25-24-16-9-18(26)14-4-2-1-3-13(14)16/h1-8,10H,9H2,(H,23,25). The Bertz CT molecular complexity index is 1370.